The van der Waals surface area contributed by atoms with Crippen molar-refractivity contribution in [1.82, 2.24) is 5.32 Å². The minimum Gasteiger partial charge on any atom is -0.508 e. The van der Waals surface area contributed by atoms with Gasteiger partial charge in [0, 0.05) is 6.04 Å². The first kappa shape index (κ1) is 14.4. The Morgan fingerprint density at radius 3 is 2.58 bits per heavy atom. The van der Waals surface area contributed by atoms with Crippen LogP contribution in [0.4, 0.5) is 0 Å². The highest BCUT2D eigenvalue weighted by Gasteiger charge is 2.04. The Hall–Kier alpha value is -1.01. The summed E-state index contributed by atoms with van der Waals surface area (Å²) in [7, 11) is 0. The number of hydrogen-bond acceptors (Lipinski definition) is 3. The lowest BCUT2D eigenvalue weighted by Crippen LogP contribution is -2.25. The van der Waals surface area contributed by atoms with Crippen LogP contribution in [0.15, 0.2) is 40.8 Å². The maximum Gasteiger partial charge on any atom is 0.164 e. The van der Waals surface area contributed by atoms with Gasteiger partial charge in [-0.2, -0.15) is 0 Å². The fourth-order valence-electron chi connectivity index (χ4n) is 1.87. The molecule has 0 saturated carbocycles. The normalized spacial score (nSPS) is 12.5. The second-order valence-electron chi connectivity index (χ2n) is 4.69. The molecule has 2 N–H and O–H groups in total. The van der Waals surface area contributed by atoms with Crippen LogP contribution in [0.2, 0.25) is 0 Å². The maximum absolute atomic E-state index is 9.22. The highest BCUT2D eigenvalue weighted by atomic mass is 127. The number of rotatable bonds is 6. The van der Waals surface area contributed by atoms with Gasteiger partial charge in [0.15, 0.2) is 3.77 Å². The van der Waals surface area contributed by atoms with E-state index in [9.17, 15) is 5.11 Å². The summed E-state index contributed by atoms with van der Waals surface area (Å²) in [5, 5.41) is 12.7. The zero-order valence-electron chi connectivity index (χ0n) is 10.9. The molecule has 0 aliphatic carbocycles. The lowest BCUT2D eigenvalue weighted by atomic mass is 10.1. The van der Waals surface area contributed by atoms with Crippen molar-refractivity contribution >= 4 is 22.6 Å². The molecule has 0 aliphatic rings. The number of phenols is 1. The van der Waals surface area contributed by atoms with Gasteiger partial charge in [0.2, 0.25) is 0 Å². The van der Waals surface area contributed by atoms with Crippen molar-refractivity contribution < 1.29 is 9.52 Å². The van der Waals surface area contributed by atoms with Crippen molar-refractivity contribution in [2.75, 3.05) is 0 Å². The van der Waals surface area contributed by atoms with Gasteiger partial charge in [-0.1, -0.05) is 12.1 Å². The van der Waals surface area contributed by atoms with Gasteiger partial charge in [0.25, 0.3) is 0 Å². The first-order valence-corrected chi connectivity index (χ1v) is 7.47. The molecule has 4 heteroatoms. The average Bonchev–Trinajstić information content (AvgIpc) is 2.81. The number of benzene rings is 1. The third kappa shape index (κ3) is 4.87. The molecule has 102 valence electrons. The third-order valence-corrected chi connectivity index (χ3v) is 3.64. The lowest BCUT2D eigenvalue weighted by Gasteiger charge is -2.12. The van der Waals surface area contributed by atoms with Gasteiger partial charge < -0.3 is 14.8 Å². The summed E-state index contributed by atoms with van der Waals surface area (Å²) < 4.78 is 6.43. The molecule has 3 nitrogen and oxygen atoms in total. The molecule has 1 atom stereocenters. The molecule has 0 aliphatic heterocycles. The topological polar surface area (TPSA) is 45.4 Å². The number of phenolic OH excluding ortho intramolecular Hbond substituents is 1. The van der Waals surface area contributed by atoms with E-state index in [1.54, 1.807) is 12.1 Å². The van der Waals surface area contributed by atoms with Crippen LogP contribution in [-0.4, -0.2) is 11.1 Å². The predicted molar refractivity (Wildman–Crippen MR) is 84.2 cm³/mol. The van der Waals surface area contributed by atoms with Gasteiger partial charge >= 0.3 is 0 Å². The second-order valence-corrected chi connectivity index (χ2v) is 5.76. The van der Waals surface area contributed by atoms with Crippen LogP contribution >= 0.6 is 22.6 Å². The number of nitrogens with one attached hydrogen (secondary N) is 1. The van der Waals surface area contributed by atoms with Crippen LogP contribution in [0, 0.1) is 3.77 Å². The van der Waals surface area contributed by atoms with Gasteiger partial charge in [-0.05, 0) is 72.2 Å². The van der Waals surface area contributed by atoms with Crippen molar-refractivity contribution in [3.05, 3.63) is 51.5 Å². The molecule has 0 fully saturated rings. The molecule has 2 rings (SSSR count). The van der Waals surface area contributed by atoms with Gasteiger partial charge in [-0.15, -0.1) is 0 Å². The number of furan rings is 1. The second kappa shape index (κ2) is 6.96. The molecule has 2 aromatic rings. The van der Waals surface area contributed by atoms with Crippen LogP contribution in [-0.2, 0) is 13.0 Å². The zero-order valence-corrected chi connectivity index (χ0v) is 13.1. The van der Waals surface area contributed by atoms with Gasteiger partial charge in [-0.3, -0.25) is 0 Å². The third-order valence-electron chi connectivity index (χ3n) is 3.06. The van der Waals surface area contributed by atoms with E-state index in [0.717, 1.165) is 28.9 Å². The minimum atomic E-state index is 0.322. The van der Waals surface area contributed by atoms with E-state index in [4.69, 9.17) is 4.42 Å². The monoisotopic (exact) mass is 371 g/mol. The van der Waals surface area contributed by atoms with Gasteiger partial charge in [0.05, 0.1) is 6.54 Å². The van der Waals surface area contributed by atoms with Crippen LogP contribution in [0.1, 0.15) is 24.7 Å². The summed E-state index contributed by atoms with van der Waals surface area (Å²) in [6.45, 7) is 2.94. The Bertz CT molecular complexity index is 507. The lowest BCUT2D eigenvalue weighted by molar-refractivity contribution is 0.431. The quantitative estimate of drug-likeness (QED) is 0.762. The van der Waals surface area contributed by atoms with E-state index in [1.165, 1.54) is 5.56 Å². The van der Waals surface area contributed by atoms with Crippen molar-refractivity contribution in [1.29, 1.82) is 0 Å². The average molecular weight is 371 g/mol. The molecule has 1 heterocycles. The van der Waals surface area contributed by atoms with Gasteiger partial charge in [0.1, 0.15) is 11.5 Å². The molecule has 1 aromatic heterocycles. The standard InChI is InChI=1S/C15H18INO2/c1-11(17-10-14-8-9-15(16)19-14)2-3-12-4-6-13(18)7-5-12/h4-9,11,17-18H,2-3,10H2,1H3. The molecular formula is C15H18INO2. The summed E-state index contributed by atoms with van der Waals surface area (Å²) in [4.78, 5) is 0. The van der Waals surface area contributed by atoms with Crippen molar-refractivity contribution in [2.24, 2.45) is 0 Å². The van der Waals surface area contributed by atoms with E-state index in [0.29, 0.717) is 11.8 Å². The smallest absolute Gasteiger partial charge is 0.164 e. The Labute approximate surface area is 127 Å². The van der Waals surface area contributed by atoms with Crippen LogP contribution in [0.5, 0.6) is 5.75 Å². The Morgan fingerprint density at radius 1 is 1.21 bits per heavy atom. The van der Waals surface area contributed by atoms with E-state index in [2.05, 4.69) is 34.8 Å². The van der Waals surface area contributed by atoms with Crippen molar-refractivity contribution in [2.45, 2.75) is 32.4 Å². The predicted octanol–water partition coefficient (Wildman–Crippen LogP) is 3.70. The maximum atomic E-state index is 9.22. The summed E-state index contributed by atoms with van der Waals surface area (Å²) in [5.74, 6) is 1.29. The molecule has 0 radical (unpaired) electrons. The Morgan fingerprint density at radius 2 is 1.95 bits per heavy atom. The number of aryl methyl sites for hydroxylation is 1. The van der Waals surface area contributed by atoms with Gasteiger partial charge in [-0.25, -0.2) is 0 Å². The fourth-order valence-corrected chi connectivity index (χ4v) is 2.33. The van der Waals surface area contributed by atoms with E-state index >= 15 is 0 Å². The summed E-state index contributed by atoms with van der Waals surface area (Å²) in [6.07, 6.45) is 2.06. The first-order chi connectivity index (χ1) is 9.13. The highest BCUT2D eigenvalue weighted by Crippen LogP contribution is 2.13. The van der Waals surface area contributed by atoms with Crippen LogP contribution in [0.25, 0.3) is 0 Å². The highest BCUT2D eigenvalue weighted by molar-refractivity contribution is 14.1. The van der Waals surface area contributed by atoms with Crippen molar-refractivity contribution in [3.63, 3.8) is 0 Å². The molecule has 1 aromatic carbocycles. The van der Waals surface area contributed by atoms with E-state index < -0.39 is 0 Å². The molecule has 0 bridgehead atoms. The fraction of sp³-hybridized carbons (Fsp3) is 0.333. The number of aromatic hydroxyl groups is 1. The molecule has 0 amide bonds. The zero-order chi connectivity index (χ0) is 13.7. The summed E-state index contributed by atoms with van der Waals surface area (Å²) >= 11 is 2.17. The summed E-state index contributed by atoms with van der Waals surface area (Å²) in [5.41, 5.74) is 1.25. The Kier molecular flexibility index (Phi) is 5.27. The van der Waals surface area contributed by atoms with E-state index in [1.807, 2.05) is 24.3 Å². The van der Waals surface area contributed by atoms with Crippen LogP contribution < -0.4 is 5.32 Å². The number of halogens is 1. The molecule has 0 spiro atoms. The largest absolute Gasteiger partial charge is 0.508 e. The molecule has 0 saturated heterocycles. The van der Waals surface area contributed by atoms with Crippen molar-refractivity contribution in [3.8, 4) is 5.75 Å². The molecular weight excluding hydrogens is 353 g/mol. The molecule has 19 heavy (non-hydrogen) atoms. The number of hydrogen-bond donors (Lipinski definition) is 2. The van der Waals surface area contributed by atoms with E-state index in [-0.39, 0.29) is 0 Å². The Balaban J connectivity index is 1.72. The first-order valence-electron chi connectivity index (χ1n) is 6.39. The summed E-state index contributed by atoms with van der Waals surface area (Å²) in [6, 6.07) is 11.8. The van der Waals surface area contributed by atoms with Crippen LogP contribution in [0.3, 0.4) is 0 Å². The molecule has 1 unspecified atom stereocenters. The minimum absolute atomic E-state index is 0.322. The SMILES string of the molecule is CC(CCc1ccc(O)cc1)NCc1ccc(I)o1.